The Kier molecular flexibility index (Phi) is 2.76. The summed E-state index contributed by atoms with van der Waals surface area (Å²) in [7, 11) is 0. The highest BCUT2D eigenvalue weighted by molar-refractivity contribution is 5.81. The SMILES string of the molecule is Nc1nc(F)nc2c1ncn2[C@@H]1O/C(=C\F)C(O)C1O. The molecule has 3 atom stereocenters. The van der Waals surface area contributed by atoms with Crippen molar-refractivity contribution in [2.75, 3.05) is 5.73 Å². The molecule has 4 N–H and O–H groups in total. The third-order valence-electron chi connectivity index (χ3n) is 2.97. The van der Waals surface area contributed by atoms with E-state index in [-0.39, 0.29) is 23.3 Å². The first kappa shape index (κ1) is 12.7. The average Bonchev–Trinajstić information content (AvgIpc) is 2.93. The number of nitrogens with two attached hydrogens (primary N) is 1. The van der Waals surface area contributed by atoms with Crippen LogP contribution in [0, 0.1) is 6.08 Å². The van der Waals surface area contributed by atoms with Crippen LogP contribution in [0.15, 0.2) is 18.4 Å². The summed E-state index contributed by atoms with van der Waals surface area (Å²) in [5.41, 5.74) is 5.56. The molecule has 3 heterocycles. The van der Waals surface area contributed by atoms with Gasteiger partial charge in [-0.1, -0.05) is 0 Å². The van der Waals surface area contributed by atoms with Gasteiger partial charge in [0.2, 0.25) is 6.23 Å². The van der Waals surface area contributed by atoms with Crippen LogP contribution in [0.25, 0.3) is 11.2 Å². The lowest BCUT2D eigenvalue weighted by molar-refractivity contribution is -0.0120. The van der Waals surface area contributed by atoms with Crippen LogP contribution in [0.3, 0.4) is 0 Å². The first-order chi connectivity index (χ1) is 9.52. The highest BCUT2D eigenvalue weighted by Gasteiger charge is 2.42. The standard InChI is InChI=1S/C10H9F2N5O3/c11-1-3-5(18)6(19)9(20-3)17-2-14-4-7(13)15-10(12)16-8(4)17/h1-2,5-6,9,18-19H,(H2,13,15,16)/b3-1-/t5?,6?,9-/m1/s1. The average molecular weight is 285 g/mol. The fraction of sp³-hybridized carbons (Fsp3) is 0.300. The van der Waals surface area contributed by atoms with Gasteiger partial charge in [-0.15, -0.1) is 0 Å². The summed E-state index contributed by atoms with van der Waals surface area (Å²) in [6.07, 6.45) is -4.06. The quantitative estimate of drug-likeness (QED) is 0.610. The number of aliphatic hydroxyl groups is 2. The topological polar surface area (TPSA) is 119 Å². The van der Waals surface area contributed by atoms with Gasteiger partial charge in [0.25, 0.3) is 0 Å². The Labute approximate surface area is 110 Å². The minimum atomic E-state index is -1.54. The van der Waals surface area contributed by atoms with Crippen LogP contribution >= 0.6 is 0 Å². The van der Waals surface area contributed by atoms with E-state index in [0.717, 1.165) is 4.57 Å². The van der Waals surface area contributed by atoms with E-state index in [4.69, 9.17) is 10.5 Å². The van der Waals surface area contributed by atoms with Gasteiger partial charge in [0.1, 0.15) is 24.9 Å². The first-order valence-electron chi connectivity index (χ1n) is 5.51. The van der Waals surface area contributed by atoms with Crippen molar-refractivity contribution < 1.29 is 23.7 Å². The summed E-state index contributed by atoms with van der Waals surface area (Å²) in [5.74, 6) is -0.618. The van der Waals surface area contributed by atoms with Crippen molar-refractivity contribution in [1.29, 1.82) is 0 Å². The number of rotatable bonds is 1. The van der Waals surface area contributed by atoms with Gasteiger partial charge >= 0.3 is 6.08 Å². The van der Waals surface area contributed by atoms with Crippen molar-refractivity contribution in [2.24, 2.45) is 0 Å². The monoisotopic (exact) mass is 285 g/mol. The number of nitrogen functional groups attached to an aromatic ring is 1. The molecule has 106 valence electrons. The fourth-order valence-electron chi connectivity index (χ4n) is 2.01. The maximum absolute atomic E-state index is 13.2. The van der Waals surface area contributed by atoms with Gasteiger partial charge in [-0.25, -0.2) is 9.37 Å². The molecule has 0 bridgehead atoms. The lowest BCUT2D eigenvalue weighted by Crippen LogP contribution is -2.27. The van der Waals surface area contributed by atoms with E-state index in [1.807, 2.05) is 0 Å². The molecule has 0 amide bonds. The van der Waals surface area contributed by atoms with Gasteiger partial charge in [-0.05, 0) is 0 Å². The Bertz CT molecular complexity index is 704. The zero-order valence-electron chi connectivity index (χ0n) is 9.81. The number of halogens is 2. The molecule has 20 heavy (non-hydrogen) atoms. The molecule has 1 aliphatic rings. The minimum Gasteiger partial charge on any atom is -0.466 e. The van der Waals surface area contributed by atoms with Crippen molar-refractivity contribution in [3.8, 4) is 0 Å². The molecule has 3 rings (SSSR count). The molecule has 0 aliphatic carbocycles. The van der Waals surface area contributed by atoms with E-state index >= 15 is 0 Å². The number of hydrogen-bond donors (Lipinski definition) is 3. The summed E-state index contributed by atoms with van der Waals surface area (Å²) >= 11 is 0. The molecule has 0 radical (unpaired) electrons. The lowest BCUT2D eigenvalue weighted by atomic mass is 10.2. The summed E-state index contributed by atoms with van der Waals surface area (Å²) in [5, 5.41) is 19.4. The number of anilines is 1. The predicted molar refractivity (Wildman–Crippen MR) is 61.0 cm³/mol. The highest BCUT2D eigenvalue weighted by Crippen LogP contribution is 2.34. The van der Waals surface area contributed by atoms with Gasteiger partial charge in [-0.3, -0.25) is 4.57 Å². The van der Waals surface area contributed by atoms with Gasteiger partial charge in [0.15, 0.2) is 22.7 Å². The molecule has 1 aliphatic heterocycles. The highest BCUT2D eigenvalue weighted by atomic mass is 19.1. The Balaban J connectivity index is 2.12. The van der Waals surface area contributed by atoms with Crippen molar-refractivity contribution in [1.82, 2.24) is 19.5 Å². The molecule has 0 spiro atoms. The number of hydrogen-bond acceptors (Lipinski definition) is 7. The van der Waals surface area contributed by atoms with Crippen molar-refractivity contribution in [2.45, 2.75) is 18.4 Å². The van der Waals surface area contributed by atoms with Crippen LogP contribution in [0.5, 0.6) is 0 Å². The lowest BCUT2D eigenvalue weighted by Gasteiger charge is -2.15. The van der Waals surface area contributed by atoms with E-state index in [0.29, 0.717) is 0 Å². The van der Waals surface area contributed by atoms with E-state index in [1.54, 1.807) is 0 Å². The first-order valence-corrected chi connectivity index (χ1v) is 5.51. The van der Waals surface area contributed by atoms with Crippen LogP contribution in [0.1, 0.15) is 6.23 Å². The molecule has 0 aromatic carbocycles. The number of imidazole rings is 1. The van der Waals surface area contributed by atoms with E-state index in [1.165, 1.54) is 6.33 Å². The molecule has 1 saturated heterocycles. The van der Waals surface area contributed by atoms with Gasteiger partial charge in [0.05, 0.1) is 0 Å². The number of aliphatic hydroxyl groups excluding tert-OH is 2. The maximum atomic E-state index is 13.2. The van der Waals surface area contributed by atoms with Crippen molar-refractivity contribution >= 4 is 17.0 Å². The van der Waals surface area contributed by atoms with E-state index in [9.17, 15) is 19.0 Å². The van der Waals surface area contributed by atoms with Crippen LogP contribution in [-0.4, -0.2) is 41.9 Å². The second-order valence-corrected chi connectivity index (χ2v) is 4.16. The molecular formula is C10H9F2N5O3. The number of ether oxygens (including phenoxy) is 1. The zero-order chi connectivity index (χ0) is 14.4. The molecular weight excluding hydrogens is 276 g/mol. The summed E-state index contributed by atoms with van der Waals surface area (Å²) in [6, 6.07) is 0. The zero-order valence-corrected chi connectivity index (χ0v) is 9.81. The summed E-state index contributed by atoms with van der Waals surface area (Å²) in [6.45, 7) is 0. The van der Waals surface area contributed by atoms with Crippen LogP contribution < -0.4 is 5.73 Å². The molecule has 8 nitrogen and oxygen atoms in total. The second-order valence-electron chi connectivity index (χ2n) is 4.16. The third kappa shape index (κ3) is 1.69. The molecule has 2 aromatic heterocycles. The fourth-order valence-corrected chi connectivity index (χ4v) is 2.01. The second kappa shape index (κ2) is 4.35. The largest absolute Gasteiger partial charge is 0.466 e. The Morgan fingerprint density at radius 3 is 2.80 bits per heavy atom. The van der Waals surface area contributed by atoms with Gasteiger partial charge < -0.3 is 20.7 Å². The van der Waals surface area contributed by atoms with E-state index < -0.39 is 30.3 Å². The number of fused-ring (bicyclic) bond motifs is 1. The smallest absolute Gasteiger partial charge is 0.312 e. The molecule has 1 fully saturated rings. The Morgan fingerprint density at radius 1 is 1.40 bits per heavy atom. The van der Waals surface area contributed by atoms with Gasteiger partial charge in [0, 0.05) is 0 Å². The Hall–Kier alpha value is -2.33. The normalized spacial score (nSPS) is 28.2. The molecule has 2 aromatic rings. The van der Waals surface area contributed by atoms with Gasteiger partial charge in [-0.2, -0.15) is 14.4 Å². The van der Waals surface area contributed by atoms with Crippen molar-refractivity contribution in [3.63, 3.8) is 0 Å². The minimum absolute atomic E-state index is 0.0358. The number of nitrogens with zero attached hydrogens (tertiary/aromatic N) is 4. The predicted octanol–water partition coefficient (Wildman–Crippen LogP) is -0.391. The maximum Gasteiger partial charge on any atom is 0.312 e. The van der Waals surface area contributed by atoms with Crippen LogP contribution in [0.4, 0.5) is 14.6 Å². The summed E-state index contributed by atoms with van der Waals surface area (Å²) in [4.78, 5) is 10.7. The summed E-state index contributed by atoms with van der Waals surface area (Å²) < 4.78 is 31.9. The third-order valence-corrected chi connectivity index (χ3v) is 2.97. The van der Waals surface area contributed by atoms with Crippen LogP contribution in [0.2, 0.25) is 0 Å². The molecule has 2 unspecified atom stereocenters. The van der Waals surface area contributed by atoms with E-state index in [2.05, 4.69) is 15.0 Å². The van der Waals surface area contributed by atoms with Crippen molar-refractivity contribution in [3.05, 3.63) is 24.5 Å². The molecule has 10 heteroatoms. The van der Waals surface area contributed by atoms with Crippen LogP contribution in [-0.2, 0) is 4.74 Å². The number of aromatic nitrogens is 4. The molecule has 0 saturated carbocycles. The Morgan fingerprint density at radius 2 is 2.15 bits per heavy atom.